The lowest BCUT2D eigenvalue weighted by Gasteiger charge is -2.29. The van der Waals surface area contributed by atoms with Crippen LogP contribution in [0.5, 0.6) is 0 Å². The molecule has 2 amide bonds. The third kappa shape index (κ3) is 4.97. The molecular weight excluding hydrogens is 278 g/mol. The maximum atomic E-state index is 12.1. The second kappa shape index (κ2) is 8.51. The average molecular weight is 309 g/mol. The van der Waals surface area contributed by atoms with E-state index in [0.29, 0.717) is 19.0 Å². The summed E-state index contributed by atoms with van der Waals surface area (Å²) in [5, 5.41) is 6.19. The minimum absolute atomic E-state index is 0.101. The van der Waals surface area contributed by atoms with Crippen LogP contribution in [-0.4, -0.2) is 30.9 Å². The van der Waals surface area contributed by atoms with Gasteiger partial charge >= 0.3 is 0 Å². The minimum atomic E-state index is 0.101. The lowest BCUT2D eigenvalue weighted by molar-refractivity contribution is -0.126. The molecule has 2 fully saturated rings. The third-order valence-electron chi connectivity index (χ3n) is 5.20. The second-order valence-electron chi connectivity index (χ2n) is 7.12. The van der Waals surface area contributed by atoms with Crippen LogP contribution in [0.1, 0.15) is 58.3 Å². The van der Waals surface area contributed by atoms with Crippen molar-refractivity contribution in [2.75, 3.05) is 13.1 Å². The molecule has 0 bridgehead atoms. The van der Waals surface area contributed by atoms with E-state index in [-0.39, 0.29) is 29.7 Å². The van der Waals surface area contributed by atoms with Crippen LogP contribution in [-0.2, 0) is 9.59 Å². The Morgan fingerprint density at radius 3 is 2.18 bits per heavy atom. The molecule has 2 aliphatic rings. The van der Waals surface area contributed by atoms with Crippen LogP contribution in [0, 0.1) is 17.8 Å². The fourth-order valence-electron chi connectivity index (χ4n) is 3.51. The van der Waals surface area contributed by atoms with Crippen LogP contribution >= 0.6 is 0 Å². The van der Waals surface area contributed by atoms with E-state index in [1.807, 2.05) is 6.92 Å². The topological polar surface area (TPSA) is 84.2 Å². The van der Waals surface area contributed by atoms with Gasteiger partial charge in [0.25, 0.3) is 0 Å². The molecule has 0 aromatic rings. The molecule has 5 heteroatoms. The van der Waals surface area contributed by atoms with Crippen molar-refractivity contribution in [1.82, 2.24) is 10.6 Å². The molecule has 1 unspecified atom stereocenters. The summed E-state index contributed by atoms with van der Waals surface area (Å²) in [6.07, 6.45) is 8.05. The Hall–Kier alpha value is -1.10. The lowest BCUT2D eigenvalue weighted by atomic mass is 9.85. The Labute approximate surface area is 133 Å². The average Bonchev–Trinajstić information content (AvgIpc) is 3.07. The summed E-state index contributed by atoms with van der Waals surface area (Å²) in [7, 11) is 0. The van der Waals surface area contributed by atoms with Crippen molar-refractivity contribution in [3.8, 4) is 0 Å². The lowest BCUT2D eigenvalue weighted by Crippen LogP contribution is -2.43. The smallest absolute Gasteiger partial charge is 0.223 e. The van der Waals surface area contributed by atoms with Crippen molar-refractivity contribution in [2.45, 2.75) is 64.3 Å². The highest BCUT2D eigenvalue weighted by atomic mass is 16.2. The summed E-state index contributed by atoms with van der Waals surface area (Å²) < 4.78 is 0. The van der Waals surface area contributed by atoms with Crippen molar-refractivity contribution in [3.63, 3.8) is 0 Å². The van der Waals surface area contributed by atoms with Crippen LogP contribution in [0.15, 0.2) is 0 Å². The maximum Gasteiger partial charge on any atom is 0.223 e. The molecular formula is C17H31N3O2. The van der Waals surface area contributed by atoms with Crippen molar-refractivity contribution in [2.24, 2.45) is 23.5 Å². The van der Waals surface area contributed by atoms with Gasteiger partial charge in [-0.2, -0.15) is 0 Å². The molecule has 1 atom stereocenters. The van der Waals surface area contributed by atoms with Gasteiger partial charge in [0.2, 0.25) is 11.8 Å². The number of rotatable bonds is 6. The Morgan fingerprint density at radius 1 is 1.00 bits per heavy atom. The van der Waals surface area contributed by atoms with Crippen LogP contribution in [0.3, 0.4) is 0 Å². The molecule has 0 saturated heterocycles. The van der Waals surface area contributed by atoms with Gasteiger partial charge in [-0.3, -0.25) is 9.59 Å². The Morgan fingerprint density at radius 2 is 1.59 bits per heavy atom. The summed E-state index contributed by atoms with van der Waals surface area (Å²) >= 11 is 0. The van der Waals surface area contributed by atoms with Crippen LogP contribution < -0.4 is 16.4 Å². The number of hydrogen-bond acceptors (Lipinski definition) is 3. The quantitative estimate of drug-likeness (QED) is 0.696. The molecule has 0 aliphatic heterocycles. The van der Waals surface area contributed by atoms with Gasteiger partial charge in [0, 0.05) is 24.4 Å². The number of hydrogen-bond donors (Lipinski definition) is 3. The normalized spacial score (nSPS) is 27.4. The molecule has 2 rings (SSSR count). The first-order chi connectivity index (χ1) is 10.6. The zero-order chi connectivity index (χ0) is 15.9. The molecule has 0 heterocycles. The standard InChI is InChI=1S/C17H31N3O2/c1-12(10-18)11-19-16(21)14-6-8-15(9-7-14)20-17(22)13-4-2-3-5-13/h12-15H,2-11,18H2,1H3,(H,19,21)(H,20,22). The van der Waals surface area contributed by atoms with Crippen molar-refractivity contribution in [1.29, 1.82) is 0 Å². The minimum Gasteiger partial charge on any atom is -0.356 e. The zero-order valence-corrected chi connectivity index (χ0v) is 13.8. The second-order valence-corrected chi connectivity index (χ2v) is 7.12. The van der Waals surface area contributed by atoms with Gasteiger partial charge in [-0.05, 0) is 51.0 Å². The first-order valence-electron chi connectivity index (χ1n) is 8.88. The number of nitrogens with two attached hydrogens (primary N) is 1. The predicted molar refractivity (Wildman–Crippen MR) is 87.1 cm³/mol. The highest BCUT2D eigenvalue weighted by molar-refractivity contribution is 5.80. The molecule has 5 nitrogen and oxygen atoms in total. The van der Waals surface area contributed by atoms with Crippen molar-refractivity contribution >= 4 is 11.8 Å². The fraction of sp³-hybridized carbons (Fsp3) is 0.882. The SMILES string of the molecule is CC(CN)CNC(=O)C1CCC(NC(=O)C2CCCC2)CC1. The maximum absolute atomic E-state index is 12.1. The van der Waals surface area contributed by atoms with Gasteiger partial charge in [0.1, 0.15) is 0 Å². The highest BCUT2D eigenvalue weighted by Gasteiger charge is 2.29. The molecule has 126 valence electrons. The van der Waals surface area contributed by atoms with Gasteiger partial charge in [0.15, 0.2) is 0 Å². The summed E-state index contributed by atoms with van der Waals surface area (Å²) in [5.74, 6) is 1.05. The number of carbonyl (C=O) groups excluding carboxylic acids is 2. The Bertz CT molecular complexity index is 372. The molecule has 0 aromatic carbocycles. The zero-order valence-electron chi connectivity index (χ0n) is 13.8. The molecule has 22 heavy (non-hydrogen) atoms. The molecule has 0 spiro atoms. The largest absolute Gasteiger partial charge is 0.356 e. The summed E-state index contributed by atoms with van der Waals surface area (Å²) in [6, 6.07) is 0.264. The van der Waals surface area contributed by atoms with Crippen molar-refractivity contribution < 1.29 is 9.59 Å². The Balaban J connectivity index is 1.66. The third-order valence-corrected chi connectivity index (χ3v) is 5.20. The first-order valence-corrected chi connectivity index (χ1v) is 8.88. The molecule has 0 radical (unpaired) electrons. The predicted octanol–water partition coefficient (Wildman–Crippen LogP) is 1.56. The van der Waals surface area contributed by atoms with Gasteiger partial charge < -0.3 is 16.4 Å². The van der Waals surface area contributed by atoms with E-state index in [2.05, 4.69) is 10.6 Å². The summed E-state index contributed by atoms with van der Waals surface area (Å²) in [4.78, 5) is 24.3. The summed E-state index contributed by atoms with van der Waals surface area (Å²) in [5.41, 5.74) is 5.56. The van der Waals surface area contributed by atoms with E-state index in [0.717, 1.165) is 38.5 Å². The van der Waals surface area contributed by atoms with Crippen LogP contribution in [0.2, 0.25) is 0 Å². The highest BCUT2D eigenvalue weighted by Crippen LogP contribution is 2.27. The van der Waals surface area contributed by atoms with E-state index in [1.54, 1.807) is 0 Å². The van der Waals surface area contributed by atoms with Gasteiger partial charge in [-0.25, -0.2) is 0 Å². The Kier molecular flexibility index (Phi) is 6.68. The van der Waals surface area contributed by atoms with E-state index in [9.17, 15) is 9.59 Å². The van der Waals surface area contributed by atoms with E-state index >= 15 is 0 Å². The monoisotopic (exact) mass is 309 g/mol. The van der Waals surface area contributed by atoms with Gasteiger partial charge in [-0.1, -0.05) is 19.8 Å². The molecule has 2 aliphatic carbocycles. The number of nitrogens with one attached hydrogen (secondary N) is 2. The molecule has 4 N–H and O–H groups in total. The first kappa shape index (κ1) is 17.3. The van der Waals surface area contributed by atoms with E-state index in [1.165, 1.54) is 12.8 Å². The van der Waals surface area contributed by atoms with Gasteiger partial charge in [-0.15, -0.1) is 0 Å². The fourth-order valence-corrected chi connectivity index (χ4v) is 3.51. The van der Waals surface area contributed by atoms with E-state index < -0.39 is 0 Å². The van der Waals surface area contributed by atoms with Gasteiger partial charge in [0.05, 0.1) is 0 Å². The van der Waals surface area contributed by atoms with Crippen molar-refractivity contribution in [3.05, 3.63) is 0 Å². The van der Waals surface area contributed by atoms with E-state index in [4.69, 9.17) is 5.73 Å². The number of amides is 2. The van der Waals surface area contributed by atoms with Crippen LogP contribution in [0.25, 0.3) is 0 Å². The molecule has 2 saturated carbocycles. The summed E-state index contributed by atoms with van der Waals surface area (Å²) in [6.45, 7) is 3.30. The van der Waals surface area contributed by atoms with Crippen LogP contribution in [0.4, 0.5) is 0 Å². The molecule has 0 aromatic heterocycles. The number of carbonyl (C=O) groups is 2.